The SMILES string of the molecule is N#Cc1cc(N2CCCC2=O)cnc1N. The van der Waals surface area contributed by atoms with E-state index in [2.05, 4.69) is 4.98 Å². The van der Waals surface area contributed by atoms with Gasteiger partial charge < -0.3 is 10.6 Å². The number of amides is 1. The highest BCUT2D eigenvalue weighted by Gasteiger charge is 2.22. The molecule has 2 rings (SSSR count). The van der Waals surface area contributed by atoms with Gasteiger partial charge in [-0.15, -0.1) is 0 Å². The van der Waals surface area contributed by atoms with Crippen molar-refractivity contribution in [2.75, 3.05) is 17.2 Å². The molecule has 76 valence electrons. The molecule has 5 heteroatoms. The molecule has 1 aromatic heterocycles. The van der Waals surface area contributed by atoms with Crippen molar-refractivity contribution >= 4 is 17.4 Å². The molecule has 5 nitrogen and oxygen atoms in total. The first kappa shape index (κ1) is 9.46. The predicted octanol–water partition coefficient (Wildman–Crippen LogP) is 0.662. The molecule has 1 aliphatic rings. The molecule has 0 spiro atoms. The molecular formula is C10H10N4O. The molecule has 0 aliphatic carbocycles. The Labute approximate surface area is 87.1 Å². The molecule has 1 saturated heterocycles. The van der Waals surface area contributed by atoms with Gasteiger partial charge in [0.1, 0.15) is 11.9 Å². The highest BCUT2D eigenvalue weighted by molar-refractivity contribution is 5.95. The number of pyridine rings is 1. The minimum atomic E-state index is 0.0745. The van der Waals surface area contributed by atoms with Crippen molar-refractivity contribution in [1.82, 2.24) is 4.98 Å². The Morgan fingerprint density at radius 1 is 1.60 bits per heavy atom. The van der Waals surface area contributed by atoms with E-state index in [0.29, 0.717) is 24.2 Å². The van der Waals surface area contributed by atoms with Crippen LogP contribution >= 0.6 is 0 Å². The first-order chi connectivity index (χ1) is 7.22. The van der Waals surface area contributed by atoms with Crippen molar-refractivity contribution in [1.29, 1.82) is 5.26 Å². The Hall–Kier alpha value is -2.09. The quantitative estimate of drug-likeness (QED) is 0.725. The summed E-state index contributed by atoms with van der Waals surface area (Å²) in [5.41, 5.74) is 6.46. The van der Waals surface area contributed by atoms with Crippen molar-refractivity contribution < 1.29 is 4.79 Å². The third kappa shape index (κ3) is 1.62. The summed E-state index contributed by atoms with van der Waals surface area (Å²) in [6.45, 7) is 0.690. The van der Waals surface area contributed by atoms with Crippen LogP contribution in [0.25, 0.3) is 0 Å². The fraction of sp³-hybridized carbons (Fsp3) is 0.300. The van der Waals surface area contributed by atoms with E-state index in [-0.39, 0.29) is 11.7 Å². The van der Waals surface area contributed by atoms with Gasteiger partial charge in [0.05, 0.1) is 17.4 Å². The van der Waals surface area contributed by atoms with E-state index in [4.69, 9.17) is 11.0 Å². The zero-order valence-corrected chi connectivity index (χ0v) is 8.10. The van der Waals surface area contributed by atoms with Crippen LogP contribution in [0, 0.1) is 11.3 Å². The average Bonchev–Trinajstić information content (AvgIpc) is 2.65. The lowest BCUT2D eigenvalue weighted by atomic mass is 10.2. The summed E-state index contributed by atoms with van der Waals surface area (Å²) in [5.74, 6) is 0.276. The number of carbonyl (C=O) groups excluding carboxylic acids is 1. The summed E-state index contributed by atoms with van der Waals surface area (Å²) in [4.78, 5) is 17.0. The molecule has 0 radical (unpaired) electrons. The fourth-order valence-corrected chi connectivity index (χ4v) is 1.62. The van der Waals surface area contributed by atoms with E-state index in [1.807, 2.05) is 6.07 Å². The normalized spacial score (nSPS) is 15.4. The second-order valence-electron chi connectivity index (χ2n) is 3.39. The predicted molar refractivity (Wildman–Crippen MR) is 55.0 cm³/mol. The number of rotatable bonds is 1. The van der Waals surface area contributed by atoms with Gasteiger partial charge in [-0.05, 0) is 12.5 Å². The number of aromatic nitrogens is 1. The first-order valence-electron chi connectivity index (χ1n) is 4.68. The van der Waals surface area contributed by atoms with Crippen molar-refractivity contribution in [2.45, 2.75) is 12.8 Å². The molecule has 0 saturated carbocycles. The second kappa shape index (κ2) is 3.58. The molecule has 0 unspecified atom stereocenters. The summed E-state index contributed by atoms with van der Waals surface area (Å²) < 4.78 is 0. The van der Waals surface area contributed by atoms with Crippen LogP contribution < -0.4 is 10.6 Å². The minimum absolute atomic E-state index is 0.0745. The van der Waals surface area contributed by atoms with E-state index in [1.165, 1.54) is 6.20 Å². The number of hydrogen-bond donors (Lipinski definition) is 1. The zero-order chi connectivity index (χ0) is 10.8. The molecule has 2 heterocycles. The number of nitrogens with zero attached hydrogens (tertiary/aromatic N) is 3. The third-order valence-electron chi connectivity index (χ3n) is 2.41. The molecule has 2 N–H and O–H groups in total. The summed E-state index contributed by atoms with van der Waals surface area (Å²) in [6.07, 6.45) is 2.94. The largest absolute Gasteiger partial charge is 0.383 e. The van der Waals surface area contributed by atoms with Gasteiger partial charge in [0, 0.05) is 13.0 Å². The molecule has 1 aliphatic heterocycles. The monoisotopic (exact) mass is 202 g/mol. The Bertz CT molecular complexity index is 449. The van der Waals surface area contributed by atoms with Gasteiger partial charge in [0.25, 0.3) is 0 Å². The van der Waals surface area contributed by atoms with Crippen LogP contribution in [0.1, 0.15) is 18.4 Å². The molecular weight excluding hydrogens is 192 g/mol. The zero-order valence-electron chi connectivity index (χ0n) is 8.10. The number of nitriles is 1. The number of nitrogens with two attached hydrogens (primary N) is 1. The molecule has 0 atom stereocenters. The second-order valence-corrected chi connectivity index (χ2v) is 3.39. The lowest BCUT2D eigenvalue weighted by Gasteiger charge is -2.15. The summed E-state index contributed by atoms with van der Waals surface area (Å²) in [5, 5.41) is 8.78. The van der Waals surface area contributed by atoms with Crippen molar-refractivity contribution in [3.8, 4) is 6.07 Å². The maximum absolute atomic E-state index is 11.4. The number of nitrogen functional groups attached to an aromatic ring is 1. The molecule has 15 heavy (non-hydrogen) atoms. The lowest BCUT2D eigenvalue weighted by Crippen LogP contribution is -2.24. The topological polar surface area (TPSA) is 83.0 Å². The van der Waals surface area contributed by atoms with Crippen LogP contribution in [0.2, 0.25) is 0 Å². The van der Waals surface area contributed by atoms with Crippen molar-refractivity contribution in [2.24, 2.45) is 0 Å². The van der Waals surface area contributed by atoms with Gasteiger partial charge in [-0.2, -0.15) is 5.26 Å². The molecule has 1 amide bonds. The van der Waals surface area contributed by atoms with Gasteiger partial charge in [0.2, 0.25) is 5.91 Å². The van der Waals surface area contributed by atoms with E-state index in [1.54, 1.807) is 11.0 Å². The van der Waals surface area contributed by atoms with Gasteiger partial charge in [-0.3, -0.25) is 4.79 Å². The minimum Gasteiger partial charge on any atom is -0.383 e. The van der Waals surface area contributed by atoms with Crippen LogP contribution in [-0.2, 0) is 4.79 Å². The van der Waals surface area contributed by atoms with E-state index in [9.17, 15) is 4.79 Å². The number of carbonyl (C=O) groups is 1. The number of anilines is 2. The first-order valence-corrected chi connectivity index (χ1v) is 4.68. The number of hydrogen-bond acceptors (Lipinski definition) is 4. The Balaban J connectivity index is 2.37. The van der Waals surface area contributed by atoms with E-state index in [0.717, 1.165) is 6.42 Å². The maximum Gasteiger partial charge on any atom is 0.227 e. The van der Waals surface area contributed by atoms with Gasteiger partial charge in [-0.25, -0.2) is 4.98 Å². The van der Waals surface area contributed by atoms with Crippen LogP contribution in [0.3, 0.4) is 0 Å². The highest BCUT2D eigenvalue weighted by atomic mass is 16.2. The van der Waals surface area contributed by atoms with Gasteiger partial charge in [0.15, 0.2) is 0 Å². The Morgan fingerprint density at radius 3 is 3.00 bits per heavy atom. The fourth-order valence-electron chi connectivity index (χ4n) is 1.62. The highest BCUT2D eigenvalue weighted by Crippen LogP contribution is 2.22. The Morgan fingerprint density at radius 2 is 2.40 bits per heavy atom. The third-order valence-corrected chi connectivity index (χ3v) is 2.41. The van der Waals surface area contributed by atoms with Crippen LogP contribution in [0.15, 0.2) is 12.3 Å². The van der Waals surface area contributed by atoms with Crippen LogP contribution in [0.5, 0.6) is 0 Å². The van der Waals surface area contributed by atoms with Crippen LogP contribution in [0.4, 0.5) is 11.5 Å². The van der Waals surface area contributed by atoms with Gasteiger partial charge >= 0.3 is 0 Å². The standard InChI is InChI=1S/C10H10N4O/c11-5-7-4-8(6-13-10(7)12)14-3-1-2-9(14)15/h4,6H,1-3H2,(H2,12,13). The van der Waals surface area contributed by atoms with Gasteiger partial charge in [-0.1, -0.05) is 0 Å². The van der Waals surface area contributed by atoms with Crippen LogP contribution in [-0.4, -0.2) is 17.4 Å². The summed E-state index contributed by atoms with van der Waals surface area (Å²) in [7, 11) is 0. The maximum atomic E-state index is 11.4. The van der Waals surface area contributed by atoms with Crippen molar-refractivity contribution in [3.63, 3.8) is 0 Å². The summed E-state index contributed by atoms with van der Waals surface area (Å²) in [6, 6.07) is 3.55. The molecule has 0 bridgehead atoms. The molecule has 1 aromatic rings. The molecule has 1 fully saturated rings. The van der Waals surface area contributed by atoms with E-state index >= 15 is 0 Å². The Kier molecular flexibility index (Phi) is 2.26. The smallest absolute Gasteiger partial charge is 0.227 e. The van der Waals surface area contributed by atoms with Crippen molar-refractivity contribution in [3.05, 3.63) is 17.8 Å². The molecule has 0 aromatic carbocycles. The summed E-state index contributed by atoms with van der Waals surface area (Å²) >= 11 is 0. The average molecular weight is 202 g/mol. The lowest BCUT2D eigenvalue weighted by molar-refractivity contribution is -0.117. The van der Waals surface area contributed by atoms with E-state index < -0.39 is 0 Å².